The Kier molecular flexibility index (Phi) is 4.67. The molecule has 3 saturated carbocycles. The van der Waals surface area contributed by atoms with E-state index < -0.39 is 35.5 Å². The van der Waals surface area contributed by atoms with Gasteiger partial charge < -0.3 is 14.9 Å². The molecule has 4 rings (SSSR count). The number of fused-ring (bicyclic) bond motifs is 5. The maximum Gasteiger partial charge on any atom is 0.303 e. The van der Waals surface area contributed by atoms with Gasteiger partial charge in [0.1, 0.15) is 5.60 Å². The number of ketones is 2. The van der Waals surface area contributed by atoms with Crippen LogP contribution in [0.25, 0.3) is 0 Å². The third-order valence-electron chi connectivity index (χ3n) is 8.59. The number of carbonyl (C=O) groups is 3. The number of Topliss-reactive ketones (excluding diaryl/α,β-unsaturated/α-hetero) is 1. The molecular weight excluding hydrogens is 372 g/mol. The second-order valence-corrected chi connectivity index (χ2v) is 9.80. The fourth-order valence-corrected chi connectivity index (χ4v) is 7.01. The lowest BCUT2D eigenvalue weighted by molar-refractivity contribution is -0.169. The maximum absolute atomic E-state index is 12.8. The summed E-state index contributed by atoms with van der Waals surface area (Å²) < 4.78 is 4.89. The first-order chi connectivity index (χ1) is 13.5. The normalized spacial score (nSPS) is 45.7. The molecule has 2 N–H and O–H groups in total. The van der Waals surface area contributed by atoms with Crippen molar-refractivity contribution in [2.45, 2.75) is 64.6 Å². The van der Waals surface area contributed by atoms with E-state index in [2.05, 4.69) is 6.92 Å². The molecule has 0 aromatic heterocycles. The highest BCUT2D eigenvalue weighted by Gasteiger charge is 2.66. The summed E-state index contributed by atoms with van der Waals surface area (Å²) in [7, 11) is 0. The van der Waals surface area contributed by atoms with Crippen molar-refractivity contribution in [1.82, 2.24) is 0 Å². The Balaban J connectivity index is 1.65. The Morgan fingerprint density at radius 3 is 2.59 bits per heavy atom. The van der Waals surface area contributed by atoms with Gasteiger partial charge in [-0.3, -0.25) is 14.4 Å². The number of aliphatic hydroxyl groups is 2. The summed E-state index contributed by atoms with van der Waals surface area (Å²) in [4.78, 5) is 35.9. The molecule has 6 heteroatoms. The van der Waals surface area contributed by atoms with Crippen molar-refractivity contribution in [3.05, 3.63) is 23.8 Å². The molecular formula is C23H30O6. The predicted octanol–water partition coefficient (Wildman–Crippen LogP) is 2.13. The van der Waals surface area contributed by atoms with Crippen molar-refractivity contribution in [1.29, 1.82) is 0 Å². The minimum Gasteiger partial charge on any atom is -0.458 e. The highest BCUT2D eigenvalue weighted by Crippen LogP contribution is 2.67. The summed E-state index contributed by atoms with van der Waals surface area (Å²) in [5.41, 5.74) is -1.70. The topological polar surface area (TPSA) is 101 Å². The first-order valence-electron chi connectivity index (χ1n) is 10.6. The van der Waals surface area contributed by atoms with Crippen LogP contribution in [-0.2, 0) is 19.1 Å². The zero-order valence-corrected chi connectivity index (χ0v) is 17.3. The minimum atomic E-state index is -1.52. The van der Waals surface area contributed by atoms with E-state index in [0.717, 1.165) is 12.0 Å². The zero-order valence-electron chi connectivity index (χ0n) is 17.3. The number of ether oxygens (including phenoxy) is 1. The Morgan fingerprint density at radius 2 is 1.90 bits per heavy atom. The molecule has 4 aliphatic rings. The molecule has 0 radical (unpaired) electrons. The van der Waals surface area contributed by atoms with Gasteiger partial charge in [0.15, 0.2) is 12.4 Å². The molecule has 4 aliphatic carbocycles. The van der Waals surface area contributed by atoms with Gasteiger partial charge >= 0.3 is 5.97 Å². The standard InChI is InChI=1S/C23H30O6/c1-13(24)29-12-20(27)23(28)9-6-17-15-11-19(26)18-10-14(25)4-7-21(18,2)16(15)5-8-22(17,23)3/h4,7,10,15-17,19,26,28H,5-6,8-9,11-12H2,1-3H3/t15-,16+,17+,19?,21-,22+,23+/m1/s1. The van der Waals surface area contributed by atoms with Crippen molar-refractivity contribution >= 4 is 17.5 Å². The zero-order chi connectivity index (χ0) is 21.2. The second-order valence-electron chi connectivity index (χ2n) is 9.80. The van der Waals surface area contributed by atoms with Crippen LogP contribution in [0.5, 0.6) is 0 Å². The summed E-state index contributed by atoms with van der Waals surface area (Å²) in [6, 6.07) is 0. The van der Waals surface area contributed by atoms with Crippen LogP contribution < -0.4 is 0 Å². The Morgan fingerprint density at radius 1 is 1.21 bits per heavy atom. The van der Waals surface area contributed by atoms with Gasteiger partial charge in [-0.25, -0.2) is 0 Å². The number of esters is 1. The number of aliphatic hydroxyl groups excluding tert-OH is 1. The molecule has 0 bridgehead atoms. The lowest BCUT2D eigenvalue weighted by Gasteiger charge is -2.58. The van der Waals surface area contributed by atoms with Crippen LogP contribution in [-0.4, -0.2) is 46.1 Å². The Hall–Kier alpha value is -1.79. The van der Waals surface area contributed by atoms with Crippen LogP contribution in [0.2, 0.25) is 0 Å². The summed E-state index contributed by atoms with van der Waals surface area (Å²) >= 11 is 0. The number of hydrogen-bond acceptors (Lipinski definition) is 6. The molecule has 0 spiro atoms. The van der Waals surface area contributed by atoms with Gasteiger partial charge in [0, 0.05) is 17.8 Å². The molecule has 0 aromatic carbocycles. The summed E-state index contributed by atoms with van der Waals surface area (Å²) in [5.74, 6) is -0.549. The van der Waals surface area contributed by atoms with E-state index in [9.17, 15) is 24.6 Å². The fraction of sp³-hybridized carbons (Fsp3) is 0.696. The quantitative estimate of drug-likeness (QED) is 0.702. The van der Waals surface area contributed by atoms with Gasteiger partial charge in [0.25, 0.3) is 0 Å². The molecule has 0 aromatic rings. The first-order valence-corrected chi connectivity index (χ1v) is 10.6. The average molecular weight is 402 g/mol. The highest BCUT2D eigenvalue weighted by molar-refractivity contribution is 6.01. The molecule has 0 saturated heterocycles. The molecule has 6 nitrogen and oxygen atoms in total. The monoisotopic (exact) mass is 402 g/mol. The van der Waals surface area contributed by atoms with Gasteiger partial charge in [-0.15, -0.1) is 0 Å². The minimum absolute atomic E-state index is 0.0815. The van der Waals surface area contributed by atoms with Crippen LogP contribution >= 0.6 is 0 Å². The predicted molar refractivity (Wildman–Crippen MR) is 105 cm³/mol. The third kappa shape index (κ3) is 2.79. The Bertz CT molecular complexity index is 827. The molecule has 158 valence electrons. The van der Waals surface area contributed by atoms with Crippen molar-refractivity contribution in [2.24, 2.45) is 28.6 Å². The van der Waals surface area contributed by atoms with Gasteiger partial charge in [0.05, 0.1) is 6.10 Å². The van der Waals surface area contributed by atoms with Crippen molar-refractivity contribution < 1.29 is 29.3 Å². The molecule has 0 heterocycles. The molecule has 1 unspecified atom stereocenters. The average Bonchev–Trinajstić information content (AvgIpc) is 2.94. The second kappa shape index (κ2) is 6.61. The number of rotatable bonds is 3. The fourth-order valence-electron chi connectivity index (χ4n) is 7.01. The van der Waals surface area contributed by atoms with Crippen molar-refractivity contribution in [2.75, 3.05) is 6.61 Å². The number of allylic oxidation sites excluding steroid dienone is 3. The van der Waals surface area contributed by atoms with Gasteiger partial charge in [0.2, 0.25) is 5.78 Å². The molecule has 3 fully saturated rings. The van der Waals surface area contributed by atoms with E-state index in [1.807, 2.05) is 13.0 Å². The summed E-state index contributed by atoms with van der Waals surface area (Å²) in [5, 5.41) is 22.3. The van der Waals surface area contributed by atoms with E-state index in [-0.39, 0.29) is 29.0 Å². The summed E-state index contributed by atoms with van der Waals surface area (Å²) in [6.07, 6.45) is 7.51. The van der Waals surface area contributed by atoms with Crippen LogP contribution in [0.4, 0.5) is 0 Å². The van der Waals surface area contributed by atoms with E-state index in [4.69, 9.17) is 4.74 Å². The smallest absolute Gasteiger partial charge is 0.303 e. The lowest BCUT2D eigenvalue weighted by atomic mass is 9.46. The number of carbonyl (C=O) groups excluding carboxylic acids is 3. The van der Waals surface area contributed by atoms with Crippen LogP contribution in [0.15, 0.2) is 23.8 Å². The van der Waals surface area contributed by atoms with E-state index in [1.54, 1.807) is 12.2 Å². The lowest BCUT2D eigenvalue weighted by Crippen LogP contribution is -2.59. The number of hydrogen-bond donors (Lipinski definition) is 2. The first kappa shape index (κ1) is 20.5. The molecule has 7 atom stereocenters. The molecule has 0 amide bonds. The van der Waals surface area contributed by atoms with Crippen LogP contribution in [0, 0.1) is 28.6 Å². The molecule has 0 aliphatic heterocycles. The third-order valence-corrected chi connectivity index (χ3v) is 8.59. The van der Waals surface area contributed by atoms with Gasteiger partial charge in [-0.1, -0.05) is 19.9 Å². The summed E-state index contributed by atoms with van der Waals surface area (Å²) in [6.45, 7) is 4.92. The van der Waals surface area contributed by atoms with Gasteiger partial charge in [-0.2, -0.15) is 0 Å². The van der Waals surface area contributed by atoms with Gasteiger partial charge in [-0.05, 0) is 67.6 Å². The highest BCUT2D eigenvalue weighted by atomic mass is 16.5. The Labute approximate surface area is 171 Å². The van der Waals surface area contributed by atoms with Crippen LogP contribution in [0.3, 0.4) is 0 Å². The SMILES string of the molecule is CC(=O)OCC(=O)[C@@]1(O)CC[C@H]2[C@@H]3CC(O)C4=CC(=O)C=C[C@]4(C)[C@H]3CC[C@@]21C. The largest absolute Gasteiger partial charge is 0.458 e. The van der Waals surface area contributed by atoms with E-state index >= 15 is 0 Å². The van der Waals surface area contributed by atoms with Crippen molar-refractivity contribution in [3.8, 4) is 0 Å². The maximum atomic E-state index is 12.8. The molecule has 29 heavy (non-hydrogen) atoms. The van der Waals surface area contributed by atoms with E-state index in [1.165, 1.54) is 6.92 Å². The van der Waals surface area contributed by atoms with Crippen molar-refractivity contribution in [3.63, 3.8) is 0 Å². The van der Waals surface area contributed by atoms with Crippen LogP contribution in [0.1, 0.15) is 52.9 Å². The van der Waals surface area contributed by atoms with E-state index in [0.29, 0.717) is 25.7 Å².